The van der Waals surface area contributed by atoms with E-state index >= 15 is 0 Å². The lowest BCUT2D eigenvalue weighted by Gasteiger charge is -2.28. The first-order chi connectivity index (χ1) is 11.2. The Kier molecular flexibility index (Phi) is 5.16. The molecule has 124 valence electrons. The van der Waals surface area contributed by atoms with Crippen LogP contribution in [0, 0.1) is 6.92 Å². The predicted molar refractivity (Wildman–Crippen MR) is 84.0 cm³/mol. The topological polar surface area (TPSA) is 96.5 Å². The maximum Gasteiger partial charge on any atom is 0.261 e. The van der Waals surface area contributed by atoms with Crippen molar-refractivity contribution < 1.29 is 14.4 Å². The van der Waals surface area contributed by atoms with Gasteiger partial charge in [0.15, 0.2) is 5.82 Å². The number of nitrogens with zero attached hydrogens (tertiary/aromatic N) is 4. The smallest absolute Gasteiger partial charge is 0.261 e. The minimum Gasteiger partial charge on any atom is -0.390 e. The van der Waals surface area contributed by atoms with Gasteiger partial charge in [-0.05, 0) is 19.1 Å². The van der Waals surface area contributed by atoms with Crippen LogP contribution in [-0.2, 0) is 4.74 Å². The normalized spacial score (nSPS) is 17.1. The number of nitrogens with one attached hydrogen (secondary N) is 1. The molecule has 0 radical (unpaired) electrons. The fraction of sp³-hybridized carbons (Fsp3) is 0.533. The minimum absolute atomic E-state index is 0.397. The quantitative estimate of drug-likeness (QED) is 0.796. The number of aliphatic hydroxyl groups excluding tert-OH is 1. The fourth-order valence-electron chi connectivity index (χ4n) is 2.49. The molecule has 23 heavy (non-hydrogen) atoms. The van der Waals surface area contributed by atoms with Crippen LogP contribution in [0.25, 0.3) is 11.5 Å². The van der Waals surface area contributed by atoms with E-state index in [1.165, 1.54) is 0 Å². The van der Waals surface area contributed by atoms with E-state index in [9.17, 15) is 5.11 Å². The van der Waals surface area contributed by atoms with Crippen LogP contribution in [0.3, 0.4) is 0 Å². The summed E-state index contributed by atoms with van der Waals surface area (Å²) in [6.07, 6.45) is 1.19. The van der Waals surface area contributed by atoms with Crippen LogP contribution in [-0.4, -0.2) is 70.6 Å². The second-order valence-electron chi connectivity index (χ2n) is 5.49. The molecule has 0 aliphatic carbocycles. The number of morpholine rings is 1. The number of aromatic nitrogens is 3. The number of pyridine rings is 1. The average Bonchev–Trinajstić information content (AvgIpc) is 3.00. The highest BCUT2D eigenvalue weighted by molar-refractivity contribution is 5.68. The number of β-amino-alcohol motifs (C(OH)–C–C–N with tert-alkyl or cyclic N) is 1. The van der Waals surface area contributed by atoms with Gasteiger partial charge in [0.25, 0.3) is 5.89 Å². The summed E-state index contributed by atoms with van der Waals surface area (Å²) in [4.78, 5) is 10.7. The molecule has 0 saturated carbocycles. The molecule has 2 aromatic heterocycles. The zero-order valence-electron chi connectivity index (χ0n) is 13.1. The van der Waals surface area contributed by atoms with Crippen LogP contribution in [0.5, 0.6) is 0 Å². The molecule has 0 amide bonds. The number of hydrogen-bond donors (Lipinski definition) is 2. The van der Waals surface area contributed by atoms with E-state index in [-0.39, 0.29) is 0 Å². The van der Waals surface area contributed by atoms with Crippen molar-refractivity contribution in [2.24, 2.45) is 0 Å². The van der Waals surface area contributed by atoms with Crippen molar-refractivity contribution >= 4 is 5.82 Å². The van der Waals surface area contributed by atoms with Gasteiger partial charge in [-0.15, -0.1) is 0 Å². The SMILES string of the molecule is Cc1noc(-c2cccnc2NCC(O)CN2CCOCC2)n1. The lowest BCUT2D eigenvalue weighted by Crippen LogP contribution is -2.42. The molecule has 8 heteroatoms. The van der Waals surface area contributed by atoms with E-state index in [4.69, 9.17) is 9.26 Å². The van der Waals surface area contributed by atoms with E-state index in [0.717, 1.165) is 31.9 Å². The highest BCUT2D eigenvalue weighted by Crippen LogP contribution is 2.24. The Morgan fingerprint density at radius 2 is 2.22 bits per heavy atom. The molecular weight excluding hydrogens is 298 g/mol. The molecule has 1 atom stereocenters. The number of aliphatic hydroxyl groups is 1. The maximum absolute atomic E-state index is 10.2. The first-order valence-corrected chi connectivity index (χ1v) is 7.70. The number of hydrogen-bond acceptors (Lipinski definition) is 8. The molecule has 0 aromatic carbocycles. The zero-order chi connectivity index (χ0) is 16.1. The van der Waals surface area contributed by atoms with Crippen molar-refractivity contribution in [2.75, 3.05) is 44.7 Å². The summed E-state index contributed by atoms with van der Waals surface area (Å²) in [5, 5.41) is 17.2. The van der Waals surface area contributed by atoms with Crippen molar-refractivity contribution in [3.8, 4) is 11.5 Å². The van der Waals surface area contributed by atoms with Gasteiger partial charge in [0, 0.05) is 32.4 Å². The summed E-state index contributed by atoms with van der Waals surface area (Å²) in [7, 11) is 0. The molecule has 3 heterocycles. The number of aryl methyl sites for hydroxylation is 1. The second kappa shape index (κ2) is 7.49. The summed E-state index contributed by atoms with van der Waals surface area (Å²) in [6, 6.07) is 3.67. The molecule has 1 aliphatic rings. The molecule has 0 spiro atoms. The minimum atomic E-state index is -0.493. The van der Waals surface area contributed by atoms with Gasteiger partial charge in [0.1, 0.15) is 5.82 Å². The molecule has 1 aliphatic heterocycles. The third-order valence-electron chi connectivity index (χ3n) is 3.64. The predicted octanol–water partition coefficient (Wildman–Crippen LogP) is 0.545. The van der Waals surface area contributed by atoms with E-state index in [2.05, 4.69) is 25.3 Å². The summed E-state index contributed by atoms with van der Waals surface area (Å²) in [5.41, 5.74) is 0.728. The molecule has 2 N–H and O–H groups in total. The lowest BCUT2D eigenvalue weighted by atomic mass is 10.2. The van der Waals surface area contributed by atoms with Gasteiger partial charge in [-0.3, -0.25) is 4.90 Å². The van der Waals surface area contributed by atoms with E-state index in [0.29, 0.717) is 30.6 Å². The van der Waals surface area contributed by atoms with Crippen LogP contribution in [0.15, 0.2) is 22.9 Å². The van der Waals surface area contributed by atoms with Gasteiger partial charge in [0.05, 0.1) is 24.9 Å². The summed E-state index contributed by atoms with van der Waals surface area (Å²) in [5.74, 6) is 1.61. The summed E-state index contributed by atoms with van der Waals surface area (Å²) in [6.45, 7) is 5.93. The molecule has 8 nitrogen and oxygen atoms in total. The molecule has 2 aromatic rings. The van der Waals surface area contributed by atoms with Gasteiger partial charge in [-0.2, -0.15) is 4.98 Å². The lowest BCUT2D eigenvalue weighted by molar-refractivity contribution is 0.0171. The van der Waals surface area contributed by atoms with Gasteiger partial charge >= 0.3 is 0 Å². The zero-order valence-corrected chi connectivity index (χ0v) is 13.1. The Morgan fingerprint density at radius 1 is 1.39 bits per heavy atom. The van der Waals surface area contributed by atoms with Crippen LogP contribution in [0.2, 0.25) is 0 Å². The molecule has 1 fully saturated rings. The number of ether oxygens (including phenoxy) is 1. The van der Waals surface area contributed by atoms with Gasteiger partial charge < -0.3 is 19.7 Å². The monoisotopic (exact) mass is 319 g/mol. The third-order valence-corrected chi connectivity index (χ3v) is 3.64. The molecule has 0 bridgehead atoms. The summed E-state index contributed by atoms with van der Waals surface area (Å²) >= 11 is 0. The van der Waals surface area contributed by atoms with Crippen molar-refractivity contribution in [3.05, 3.63) is 24.2 Å². The van der Waals surface area contributed by atoms with Gasteiger partial charge in [0.2, 0.25) is 0 Å². The van der Waals surface area contributed by atoms with Crippen LogP contribution >= 0.6 is 0 Å². The van der Waals surface area contributed by atoms with Gasteiger partial charge in [-0.25, -0.2) is 4.98 Å². The molecule has 1 saturated heterocycles. The molecular formula is C15H21N5O3. The average molecular weight is 319 g/mol. The van der Waals surface area contributed by atoms with E-state index in [1.54, 1.807) is 13.1 Å². The maximum atomic E-state index is 10.2. The van der Waals surface area contributed by atoms with Crippen molar-refractivity contribution in [3.63, 3.8) is 0 Å². The Balaban J connectivity index is 1.59. The van der Waals surface area contributed by atoms with Crippen LogP contribution in [0.1, 0.15) is 5.82 Å². The van der Waals surface area contributed by atoms with Crippen molar-refractivity contribution in [1.29, 1.82) is 0 Å². The first-order valence-electron chi connectivity index (χ1n) is 7.70. The van der Waals surface area contributed by atoms with Crippen LogP contribution < -0.4 is 5.32 Å². The van der Waals surface area contributed by atoms with Crippen molar-refractivity contribution in [2.45, 2.75) is 13.0 Å². The second-order valence-corrected chi connectivity index (χ2v) is 5.49. The molecule has 3 rings (SSSR count). The molecule has 1 unspecified atom stereocenters. The Hall–Kier alpha value is -2.03. The fourth-order valence-corrected chi connectivity index (χ4v) is 2.49. The highest BCUT2D eigenvalue weighted by Gasteiger charge is 2.16. The first kappa shape index (κ1) is 15.9. The Bertz CT molecular complexity index is 627. The van der Waals surface area contributed by atoms with E-state index < -0.39 is 6.10 Å². The Morgan fingerprint density at radius 3 is 2.96 bits per heavy atom. The van der Waals surface area contributed by atoms with Gasteiger partial charge in [-0.1, -0.05) is 5.16 Å². The van der Waals surface area contributed by atoms with E-state index in [1.807, 2.05) is 12.1 Å². The van der Waals surface area contributed by atoms with Crippen LogP contribution in [0.4, 0.5) is 5.82 Å². The highest BCUT2D eigenvalue weighted by atomic mass is 16.5. The summed E-state index contributed by atoms with van der Waals surface area (Å²) < 4.78 is 10.5. The largest absolute Gasteiger partial charge is 0.390 e. The number of anilines is 1. The van der Waals surface area contributed by atoms with Crippen molar-refractivity contribution in [1.82, 2.24) is 20.0 Å². The standard InChI is InChI=1S/C15H21N5O3/c1-11-18-15(23-19-11)13-3-2-4-16-14(13)17-9-12(21)10-20-5-7-22-8-6-20/h2-4,12,21H,5-10H2,1H3,(H,16,17). The third kappa shape index (κ3) is 4.25. The number of rotatable bonds is 6. The Labute approximate surface area is 134 Å².